The zero-order valence-corrected chi connectivity index (χ0v) is 22.6. The summed E-state index contributed by atoms with van der Waals surface area (Å²) in [7, 11) is 1.73. The summed E-state index contributed by atoms with van der Waals surface area (Å²) in [6.45, 7) is 12.2. The molecule has 6 nitrogen and oxygen atoms in total. The van der Waals surface area contributed by atoms with Crippen molar-refractivity contribution in [2.75, 3.05) is 19.0 Å². The van der Waals surface area contributed by atoms with Crippen molar-refractivity contribution in [3.8, 4) is 0 Å². The number of anilines is 1. The van der Waals surface area contributed by atoms with E-state index in [1.165, 1.54) is 30.6 Å². The van der Waals surface area contributed by atoms with Gasteiger partial charge in [0.1, 0.15) is 10.6 Å². The van der Waals surface area contributed by atoms with Gasteiger partial charge in [-0.2, -0.15) is 0 Å². The van der Waals surface area contributed by atoms with E-state index >= 15 is 0 Å². The molecule has 33 heavy (non-hydrogen) atoms. The Morgan fingerprint density at radius 3 is 2.27 bits per heavy atom. The van der Waals surface area contributed by atoms with Crippen molar-refractivity contribution in [2.24, 2.45) is 0 Å². The van der Waals surface area contributed by atoms with Gasteiger partial charge in [-0.05, 0) is 66.4 Å². The summed E-state index contributed by atoms with van der Waals surface area (Å²) in [5, 5.41) is 3.26. The van der Waals surface area contributed by atoms with Crippen LogP contribution in [0.15, 0.2) is 6.07 Å². The maximum Gasteiger partial charge on any atom is 0.412 e. The number of carbonyl (C=O) groups is 2. The lowest BCUT2D eigenvalue weighted by Crippen LogP contribution is -2.24. The van der Waals surface area contributed by atoms with Gasteiger partial charge in [-0.15, -0.1) is 11.3 Å². The van der Waals surface area contributed by atoms with Gasteiger partial charge in [0, 0.05) is 12.0 Å². The summed E-state index contributed by atoms with van der Waals surface area (Å²) in [5.74, 6) is -0.434. The number of hydrogen-bond acceptors (Lipinski definition) is 6. The average molecular weight is 484 g/mol. The van der Waals surface area contributed by atoms with Gasteiger partial charge < -0.3 is 14.2 Å². The summed E-state index contributed by atoms with van der Waals surface area (Å²) in [6, 6.07) is 1.84. The highest BCUT2D eigenvalue weighted by Crippen LogP contribution is 2.31. The summed E-state index contributed by atoms with van der Waals surface area (Å²) in [5.41, 5.74) is -0.358. The summed E-state index contributed by atoms with van der Waals surface area (Å²) in [4.78, 5) is 26.1. The third kappa shape index (κ3) is 13.0. The highest BCUT2D eigenvalue weighted by molar-refractivity contribution is 7.16. The molecule has 0 saturated heterocycles. The van der Waals surface area contributed by atoms with Crippen molar-refractivity contribution < 1.29 is 23.8 Å². The largest absolute Gasteiger partial charge is 0.456 e. The monoisotopic (exact) mass is 483 g/mol. The number of ether oxygens (including phenoxy) is 3. The molecule has 0 unspecified atom stereocenters. The van der Waals surface area contributed by atoms with Crippen LogP contribution in [0, 0.1) is 0 Å². The summed E-state index contributed by atoms with van der Waals surface area (Å²) < 4.78 is 16.4. The first-order valence-corrected chi connectivity index (χ1v) is 13.1. The van der Waals surface area contributed by atoms with Crippen molar-refractivity contribution in [1.29, 1.82) is 0 Å². The number of methoxy groups -OCH3 is 1. The number of carbonyl (C=O) groups excluding carboxylic acids is 2. The van der Waals surface area contributed by atoms with Gasteiger partial charge in [0.15, 0.2) is 0 Å². The number of aryl methyl sites for hydroxylation is 1. The molecule has 1 amide bonds. The predicted octanol–water partition coefficient (Wildman–Crippen LogP) is 7.75. The molecule has 1 heterocycles. The molecule has 1 aromatic heterocycles. The van der Waals surface area contributed by atoms with E-state index in [0.717, 1.165) is 49.8 Å². The topological polar surface area (TPSA) is 73.9 Å². The third-order valence-electron chi connectivity index (χ3n) is 5.35. The van der Waals surface area contributed by atoms with Crippen molar-refractivity contribution in [1.82, 2.24) is 0 Å². The fraction of sp³-hybridized carbons (Fsp3) is 0.769. The van der Waals surface area contributed by atoms with Gasteiger partial charge in [0.25, 0.3) is 0 Å². The lowest BCUT2D eigenvalue weighted by molar-refractivity contribution is 0.00708. The van der Waals surface area contributed by atoms with Crippen LogP contribution < -0.4 is 5.32 Å². The maximum atomic E-state index is 12.7. The van der Waals surface area contributed by atoms with Crippen LogP contribution in [-0.4, -0.2) is 37.0 Å². The zero-order chi connectivity index (χ0) is 24.9. The Balaban J connectivity index is 2.68. The number of rotatable bonds is 15. The molecule has 1 aromatic rings. The molecule has 0 aliphatic carbocycles. The number of esters is 1. The summed E-state index contributed by atoms with van der Waals surface area (Å²) >= 11 is 1.41. The Kier molecular flexibility index (Phi) is 13.0. The second kappa shape index (κ2) is 14.6. The second-order valence-corrected chi connectivity index (χ2v) is 11.3. The van der Waals surface area contributed by atoms with Crippen LogP contribution in [0.3, 0.4) is 0 Å². The minimum atomic E-state index is -0.611. The second-order valence-electron chi connectivity index (χ2n) is 10.2. The number of thiophene rings is 1. The molecule has 0 aliphatic heterocycles. The Hall–Kier alpha value is -1.60. The molecule has 7 heteroatoms. The molecule has 1 rings (SSSR count). The minimum Gasteiger partial charge on any atom is -0.456 e. The van der Waals surface area contributed by atoms with E-state index in [-0.39, 0.29) is 5.60 Å². The first-order chi connectivity index (χ1) is 15.5. The van der Waals surface area contributed by atoms with Crippen LogP contribution in [0.5, 0.6) is 0 Å². The lowest BCUT2D eigenvalue weighted by atomic mass is 10.0. The van der Waals surface area contributed by atoms with E-state index in [1.807, 2.05) is 26.8 Å². The Bertz CT molecular complexity index is 721. The Morgan fingerprint density at radius 2 is 1.64 bits per heavy atom. The molecule has 190 valence electrons. The van der Waals surface area contributed by atoms with Crippen molar-refractivity contribution in [3.63, 3.8) is 0 Å². The van der Waals surface area contributed by atoms with E-state index < -0.39 is 17.7 Å². The number of nitrogens with one attached hydrogen (secondary N) is 1. The van der Waals surface area contributed by atoms with E-state index in [9.17, 15) is 9.59 Å². The molecular formula is C26H45NO5S. The molecule has 0 fully saturated rings. The van der Waals surface area contributed by atoms with Crippen LogP contribution >= 0.6 is 11.3 Å². The van der Waals surface area contributed by atoms with Gasteiger partial charge >= 0.3 is 12.1 Å². The Labute approximate surface area is 204 Å². The fourth-order valence-electron chi connectivity index (χ4n) is 3.27. The van der Waals surface area contributed by atoms with Crippen LogP contribution in [0.2, 0.25) is 0 Å². The Morgan fingerprint density at radius 1 is 0.970 bits per heavy atom. The quantitative estimate of drug-likeness (QED) is 0.204. The SMILES string of the molecule is CCCCCCCCOC(=O)Nc1sc(CCCCC(C)(C)OC)cc1C(=O)OC(C)(C)C. The lowest BCUT2D eigenvalue weighted by Gasteiger charge is -2.22. The van der Waals surface area contributed by atoms with E-state index in [2.05, 4.69) is 26.1 Å². The molecule has 0 aromatic carbocycles. The highest BCUT2D eigenvalue weighted by atomic mass is 32.1. The van der Waals surface area contributed by atoms with E-state index in [4.69, 9.17) is 14.2 Å². The number of unbranched alkanes of at least 4 members (excludes halogenated alkanes) is 6. The summed E-state index contributed by atoms with van der Waals surface area (Å²) in [6.07, 6.45) is 10.0. The smallest absolute Gasteiger partial charge is 0.412 e. The number of amides is 1. The molecule has 0 radical (unpaired) electrons. The molecule has 0 saturated carbocycles. The molecule has 1 N–H and O–H groups in total. The van der Waals surface area contributed by atoms with Crippen molar-refractivity contribution in [2.45, 2.75) is 117 Å². The predicted molar refractivity (Wildman–Crippen MR) is 136 cm³/mol. The van der Waals surface area contributed by atoms with Crippen LogP contribution in [0.4, 0.5) is 9.80 Å². The first-order valence-electron chi connectivity index (χ1n) is 12.3. The molecule has 0 spiro atoms. The third-order valence-corrected chi connectivity index (χ3v) is 6.46. The van der Waals surface area contributed by atoms with Crippen molar-refractivity contribution >= 4 is 28.4 Å². The van der Waals surface area contributed by atoms with Crippen LogP contribution in [-0.2, 0) is 20.6 Å². The van der Waals surface area contributed by atoms with E-state index in [1.54, 1.807) is 7.11 Å². The van der Waals surface area contributed by atoms with Gasteiger partial charge in [0.2, 0.25) is 0 Å². The fourth-order valence-corrected chi connectivity index (χ4v) is 4.34. The maximum absolute atomic E-state index is 12.7. The molecular weight excluding hydrogens is 438 g/mol. The molecule has 0 atom stereocenters. The first kappa shape index (κ1) is 29.4. The standard InChI is InChI=1S/C26H45NO5S/c1-8-9-10-11-12-15-18-31-24(29)27-22-21(23(28)32-25(2,3)4)19-20(33-22)16-13-14-17-26(5,6)30-7/h19H,8-18H2,1-7H3,(H,27,29). The molecule has 0 bridgehead atoms. The van der Waals surface area contributed by atoms with Gasteiger partial charge in [-0.1, -0.05) is 45.4 Å². The molecule has 0 aliphatic rings. The zero-order valence-electron chi connectivity index (χ0n) is 21.8. The van der Waals surface area contributed by atoms with Crippen molar-refractivity contribution in [3.05, 3.63) is 16.5 Å². The van der Waals surface area contributed by atoms with Gasteiger partial charge in [-0.3, -0.25) is 5.32 Å². The van der Waals surface area contributed by atoms with Gasteiger partial charge in [-0.25, -0.2) is 9.59 Å². The normalized spacial score (nSPS) is 12.0. The minimum absolute atomic E-state index is 0.135. The highest BCUT2D eigenvalue weighted by Gasteiger charge is 2.24. The van der Waals surface area contributed by atoms with Crippen LogP contribution in [0.25, 0.3) is 0 Å². The average Bonchev–Trinajstić information content (AvgIpc) is 3.12. The van der Waals surface area contributed by atoms with E-state index in [0.29, 0.717) is 17.2 Å². The number of hydrogen-bond donors (Lipinski definition) is 1. The van der Waals surface area contributed by atoms with Gasteiger partial charge in [0.05, 0.1) is 17.8 Å². The van der Waals surface area contributed by atoms with Crippen LogP contribution in [0.1, 0.15) is 115 Å².